The zero-order chi connectivity index (χ0) is 13.8. The molecule has 0 amide bonds. The van der Waals surface area contributed by atoms with E-state index in [0.717, 1.165) is 25.8 Å². The number of carbonyl (C=O) groups excluding carboxylic acids is 1. The van der Waals surface area contributed by atoms with Crippen molar-refractivity contribution in [2.24, 2.45) is 11.8 Å². The highest BCUT2D eigenvalue weighted by Crippen LogP contribution is 2.36. The maximum atomic E-state index is 12.7. The van der Waals surface area contributed by atoms with Gasteiger partial charge in [0.05, 0.1) is 13.3 Å². The number of ketones is 1. The minimum Gasteiger partial charge on any atom is -0.493 e. The fraction of sp³-hybridized carbons (Fsp3) is 0.733. The Balaban J connectivity index is 2.20. The van der Waals surface area contributed by atoms with Gasteiger partial charge in [0, 0.05) is 12.5 Å². The van der Waals surface area contributed by atoms with Crippen LogP contribution in [0.4, 0.5) is 0 Å². The van der Waals surface area contributed by atoms with E-state index < -0.39 is 0 Å². The van der Waals surface area contributed by atoms with Crippen molar-refractivity contribution in [3.63, 3.8) is 0 Å². The largest absolute Gasteiger partial charge is 0.493 e. The van der Waals surface area contributed by atoms with Gasteiger partial charge in [-0.3, -0.25) is 9.48 Å². The number of methoxy groups -OCH3 is 1. The van der Waals surface area contributed by atoms with E-state index in [-0.39, 0.29) is 11.7 Å². The van der Waals surface area contributed by atoms with E-state index in [9.17, 15) is 4.79 Å². The quantitative estimate of drug-likeness (QED) is 0.740. The summed E-state index contributed by atoms with van der Waals surface area (Å²) < 4.78 is 7.11. The molecule has 1 aromatic heterocycles. The molecule has 4 nitrogen and oxygen atoms in total. The maximum Gasteiger partial charge on any atom is 0.187 e. The van der Waals surface area contributed by atoms with Crippen molar-refractivity contribution in [1.29, 1.82) is 0 Å². The normalized spacial score (nSPS) is 22.7. The highest BCUT2D eigenvalue weighted by molar-refractivity contribution is 5.98. The second kappa shape index (κ2) is 6.22. The van der Waals surface area contributed by atoms with E-state index >= 15 is 0 Å². The molecule has 1 aromatic rings. The fourth-order valence-corrected chi connectivity index (χ4v) is 3.02. The standard InChI is InChI=1S/C15H24N2O2/c1-4-8-17-14(13(19-3)10-16-17)15(18)12-7-6-11(5-2)9-12/h10-12H,4-9H2,1-3H3. The molecule has 1 saturated carbocycles. The minimum atomic E-state index is 0.158. The first-order valence-corrected chi connectivity index (χ1v) is 7.35. The summed E-state index contributed by atoms with van der Waals surface area (Å²) in [6.07, 6.45) is 7.02. The summed E-state index contributed by atoms with van der Waals surface area (Å²) >= 11 is 0. The van der Waals surface area contributed by atoms with Crippen LogP contribution in [0.1, 0.15) is 56.4 Å². The van der Waals surface area contributed by atoms with Crippen LogP contribution in [0.25, 0.3) is 0 Å². The Morgan fingerprint density at radius 2 is 2.26 bits per heavy atom. The second-order valence-corrected chi connectivity index (χ2v) is 5.43. The topological polar surface area (TPSA) is 44.1 Å². The Bertz CT molecular complexity index is 439. The number of ether oxygens (including phenoxy) is 1. The number of aromatic nitrogens is 2. The lowest BCUT2D eigenvalue weighted by atomic mass is 9.97. The van der Waals surface area contributed by atoms with E-state index in [4.69, 9.17) is 4.74 Å². The molecular formula is C15H24N2O2. The van der Waals surface area contributed by atoms with Crippen molar-refractivity contribution in [3.05, 3.63) is 11.9 Å². The Labute approximate surface area is 115 Å². The van der Waals surface area contributed by atoms with Crippen LogP contribution in [0.2, 0.25) is 0 Å². The summed E-state index contributed by atoms with van der Waals surface area (Å²) in [7, 11) is 1.60. The molecule has 0 aromatic carbocycles. The molecule has 0 saturated heterocycles. The van der Waals surface area contributed by atoms with Crippen molar-refractivity contribution in [3.8, 4) is 5.75 Å². The van der Waals surface area contributed by atoms with Crippen LogP contribution in [0.3, 0.4) is 0 Å². The lowest BCUT2D eigenvalue weighted by Gasteiger charge is -2.12. The maximum absolute atomic E-state index is 12.7. The number of nitrogens with zero attached hydrogens (tertiary/aromatic N) is 2. The van der Waals surface area contributed by atoms with Gasteiger partial charge in [0.25, 0.3) is 0 Å². The van der Waals surface area contributed by atoms with E-state index in [2.05, 4.69) is 18.9 Å². The number of Topliss-reactive ketones (excluding diaryl/α,β-unsaturated/α-hetero) is 1. The van der Waals surface area contributed by atoms with Crippen LogP contribution in [0.15, 0.2) is 6.20 Å². The van der Waals surface area contributed by atoms with Crippen LogP contribution >= 0.6 is 0 Å². The van der Waals surface area contributed by atoms with Gasteiger partial charge in [-0.1, -0.05) is 20.3 Å². The van der Waals surface area contributed by atoms with Crippen molar-refractivity contribution in [2.45, 2.75) is 52.5 Å². The van der Waals surface area contributed by atoms with Crippen LogP contribution in [0.5, 0.6) is 5.75 Å². The smallest absolute Gasteiger partial charge is 0.187 e. The molecule has 1 heterocycles. The fourth-order valence-electron chi connectivity index (χ4n) is 3.02. The van der Waals surface area contributed by atoms with Gasteiger partial charge in [-0.15, -0.1) is 0 Å². The predicted molar refractivity (Wildman–Crippen MR) is 74.5 cm³/mol. The Hall–Kier alpha value is -1.32. The van der Waals surface area contributed by atoms with Gasteiger partial charge in [-0.25, -0.2) is 0 Å². The van der Waals surface area contributed by atoms with Gasteiger partial charge in [-0.2, -0.15) is 5.10 Å². The first kappa shape index (κ1) is 14.1. The van der Waals surface area contributed by atoms with Gasteiger partial charge in [0.1, 0.15) is 5.69 Å². The van der Waals surface area contributed by atoms with Gasteiger partial charge in [0.2, 0.25) is 0 Å². The number of hydrogen-bond donors (Lipinski definition) is 0. The molecule has 0 N–H and O–H groups in total. The van der Waals surface area contributed by atoms with E-state index in [1.165, 1.54) is 12.8 Å². The molecule has 1 aliphatic rings. The number of carbonyl (C=O) groups is 1. The molecule has 19 heavy (non-hydrogen) atoms. The Morgan fingerprint density at radius 3 is 2.84 bits per heavy atom. The van der Waals surface area contributed by atoms with Gasteiger partial charge in [-0.05, 0) is 31.6 Å². The Kier molecular flexibility index (Phi) is 4.61. The van der Waals surface area contributed by atoms with Crippen molar-refractivity contribution in [1.82, 2.24) is 9.78 Å². The SMILES string of the molecule is CCCn1ncc(OC)c1C(=O)C1CCC(CC)C1. The van der Waals surface area contributed by atoms with Gasteiger partial charge >= 0.3 is 0 Å². The minimum absolute atomic E-state index is 0.158. The number of aryl methyl sites for hydroxylation is 1. The summed E-state index contributed by atoms with van der Waals surface area (Å²) in [6, 6.07) is 0. The summed E-state index contributed by atoms with van der Waals surface area (Å²) in [6.45, 7) is 5.07. The molecule has 106 valence electrons. The van der Waals surface area contributed by atoms with E-state index in [1.54, 1.807) is 18.0 Å². The third-order valence-electron chi connectivity index (χ3n) is 4.18. The number of rotatable bonds is 6. The van der Waals surface area contributed by atoms with Crippen LogP contribution < -0.4 is 4.74 Å². The third-order valence-corrected chi connectivity index (χ3v) is 4.18. The molecular weight excluding hydrogens is 240 g/mol. The average molecular weight is 264 g/mol. The molecule has 4 heteroatoms. The van der Waals surface area contributed by atoms with Crippen LogP contribution in [0, 0.1) is 11.8 Å². The average Bonchev–Trinajstić information content (AvgIpc) is 3.04. The third kappa shape index (κ3) is 2.82. The van der Waals surface area contributed by atoms with Crippen LogP contribution in [-0.2, 0) is 6.54 Å². The van der Waals surface area contributed by atoms with Crippen molar-refractivity contribution in [2.75, 3.05) is 7.11 Å². The molecule has 2 atom stereocenters. The molecule has 0 aliphatic heterocycles. The molecule has 1 fully saturated rings. The van der Waals surface area contributed by atoms with Crippen molar-refractivity contribution < 1.29 is 9.53 Å². The highest BCUT2D eigenvalue weighted by Gasteiger charge is 2.33. The zero-order valence-corrected chi connectivity index (χ0v) is 12.2. The highest BCUT2D eigenvalue weighted by atomic mass is 16.5. The first-order valence-electron chi connectivity index (χ1n) is 7.35. The second-order valence-electron chi connectivity index (χ2n) is 5.43. The molecule has 0 bridgehead atoms. The van der Waals surface area contributed by atoms with Crippen LogP contribution in [-0.4, -0.2) is 22.7 Å². The van der Waals surface area contributed by atoms with Gasteiger partial charge < -0.3 is 4.74 Å². The molecule has 2 unspecified atom stereocenters. The lowest BCUT2D eigenvalue weighted by molar-refractivity contribution is 0.0905. The van der Waals surface area contributed by atoms with E-state index in [1.807, 2.05) is 0 Å². The summed E-state index contributed by atoms with van der Waals surface area (Å²) in [4.78, 5) is 12.7. The summed E-state index contributed by atoms with van der Waals surface area (Å²) in [5.74, 6) is 1.71. The molecule has 1 aliphatic carbocycles. The summed E-state index contributed by atoms with van der Waals surface area (Å²) in [5.41, 5.74) is 0.672. The first-order chi connectivity index (χ1) is 9.21. The van der Waals surface area contributed by atoms with Gasteiger partial charge in [0.15, 0.2) is 11.5 Å². The molecule has 0 spiro atoms. The lowest BCUT2D eigenvalue weighted by Crippen LogP contribution is -2.18. The number of hydrogen-bond acceptors (Lipinski definition) is 3. The predicted octanol–water partition coefficient (Wildman–Crippen LogP) is 3.31. The monoisotopic (exact) mass is 264 g/mol. The van der Waals surface area contributed by atoms with E-state index in [0.29, 0.717) is 17.4 Å². The zero-order valence-electron chi connectivity index (χ0n) is 12.2. The molecule has 0 radical (unpaired) electrons. The summed E-state index contributed by atoms with van der Waals surface area (Å²) in [5, 5.41) is 4.28. The van der Waals surface area contributed by atoms with Crippen molar-refractivity contribution >= 4 is 5.78 Å². The molecule has 2 rings (SSSR count). The Morgan fingerprint density at radius 1 is 1.47 bits per heavy atom.